The van der Waals surface area contributed by atoms with E-state index >= 15 is 0 Å². The van der Waals surface area contributed by atoms with Crippen LogP contribution in [0, 0.1) is 0 Å². The van der Waals surface area contributed by atoms with Gasteiger partial charge in [0.25, 0.3) is 0 Å². The number of nitrogens with two attached hydrogens (primary N) is 2. The standard InChI is InChI=1S/C10H18ClN5/c1-4-7(11)15-9(12)8-10(13)16(5-14-8)6(2)3/h5-7H,4,13H2,1-3H3,(H2,12,15). The van der Waals surface area contributed by atoms with Gasteiger partial charge in [-0.15, -0.1) is 0 Å². The molecule has 0 aliphatic rings. The third-order valence-corrected chi connectivity index (χ3v) is 2.65. The van der Waals surface area contributed by atoms with Crippen molar-refractivity contribution in [3.63, 3.8) is 0 Å². The van der Waals surface area contributed by atoms with Crippen molar-refractivity contribution in [2.75, 3.05) is 5.73 Å². The molecule has 6 heteroatoms. The second kappa shape index (κ2) is 5.21. The molecule has 0 aromatic carbocycles. The molecule has 4 N–H and O–H groups in total. The monoisotopic (exact) mass is 243 g/mol. The molecule has 0 spiro atoms. The maximum Gasteiger partial charge on any atom is 0.149 e. The molecule has 1 heterocycles. The topological polar surface area (TPSA) is 82.2 Å². The Morgan fingerprint density at radius 3 is 2.69 bits per heavy atom. The molecule has 0 saturated carbocycles. The van der Waals surface area contributed by atoms with E-state index in [2.05, 4.69) is 9.98 Å². The molecule has 0 saturated heterocycles. The van der Waals surface area contributed by atoms with Gasteiger partial charge in [-0.2, -0.15) is 0 Å². The number of anilines is 1. The van der Waals surface area contributed by atoms with Crippen molar-refractivity contribution >= 4 is 23.3 Å². The average Bonchev–Trinajstić information content (AvgIpc) is 2.59. The molecule has 5 nitrogen and oxygen atoms in total. The second-order valence-corrected chi connectivity index (χ2v) is 4.34. The van der Waals surface area contributed by atoms with Crippen molar-refractivity contribution in [1.29, 1.82) is 0 Å². The SMILES string of the molecule is CCC(Cl)N=C(N)c1ncn(C(C)C)c1N. The lowest BCUT2D eigenvalue weighted by molar-refractivity contribution is 0.607. The van der Waals surface area contributed by atoms with Gasteiger partial charge in [0.1, 0.15) is 22.8 Å². The molecule has 16 heavy (non-hydrogen) atoms. The Bertz CT molecular complexity index is 383. The van der Waals surface area contributed by atoms with Crippen LogP contribution in [0.15, 0.2) is 11.3 Å². The summed E-state index contributed by atoms with van der Waals surface area (Å²) in [5, 5.41) is 0. The Hall–Kier alpha value is -1.23. The number of hydrogen-bond donors (Lipinski definition) is 2. The van der Waals surface area contributed by atoms with Crippen LogP contribution >= 0.6 is 11.6 Å². The summed E-state index contributed by atoms with van der Waals surface area (Å²) in [6, 6.07) is 0.243. The Morgan fingerprint density at radius 1 is 1.62 bits per heavy atom. The van der Waals surface area contributed by atoms with Crippen LogP contribution in [-0.4, -0.2) is 20.9 Å². The van der Waals surface area contributed by atoms with E-state index in [1.807, 2.05) is 25.3 Å². The van der Waals surface area contributed by atoms with Crippen LogP contribution in [0.3, 0.4) is 0 Å². The van der Waals surface area contributed by atoms with Gasteiger partial charge in [-0.25, -0.2) is 9.98 Å². The first-order valence-electron chi connectivity index (χ1n) is 5.27. The van der Waals surface area contributed by atoms with Crippen molar-refractivity contribution in [2.24, 2.45) is 10.7 Å². The molecule has 0 aliphatic heterocycles. The fourth-order valence-electron chi connectivity index (χ4n) is 1.28. The molecule has 0 fully saturated rings. The van der Waals surface area contributed by atoms with E-state index in [-0.39, 0.29) is 11.5 Å². The quantitative estimate of drug-likeness (QED) is 0.366. The molecule has 0 bridgehead atoms. The minimum Gasteiger partial charge on any atom is -0.383 e. The number of aromatic nitrogens is 2. The molecule has 1 aromatic rings. The van der Waals surface area contributed by atoms with Gasteiger partial charge < -0.3 is 16.0 Å². The van der Waals surface area contributed by atoms with Crippen LogP contribution in [0.1, 0.15) is 38.9 Å². The van der Waals surface area contributed by atoms with E-state index < -0.39 is 0 Å². The van der Waals surface area contributed by atoms with Gasteiger partial charge in [-0.05, 0) is 20.3 Å². The fourth-order valence-corrected chi connectivity index (χ4v) is 1.39. The molecule has 1 rings (SSSR count). The smallest absolute Gasteiger partial charge is 0.149 e. The molecule has 0 aliphatic carbocycles. The number of amidine groups is 1. The van der Waals surface area contributed by atoms with Crippen LogP contribution in [0.25, 0.3) is 0 Å². The van der Waals surface area contributed by atoms with Crippen LogP contribution in [-0.2, 0) is 0 Å². The van der Waals surface area contributed by atoms with Crippen molar-refractivity contribution in [3.05, 3.63) is 12.0 Å². The summed E-state index contributed by atoms with van der Waals surface area (Å²) in [7, 11) is 0. The van der Waals surface area contributed by atoms with E-state index in [9.17, 15) is 0 Å². The number of nitrogens with zero attached hydrogens (tertiary/aromatic N) is 3. The lowest BCUT2D eigenvalue weighted by atomic mass is 10.3. The number of alkyl halides is 1. The molecule has 1 atom stereocenters. The number of halogens is 1. The predicted molar refractivity (Wildman–Crippen MR) is 67.7 cm³/mol. The maximum atomic E-state index is 5.92. The summed E-state index contributed by atoms with van der Waals surface area (Å²) >= 11 is 5.89. The summed E-state index contributed by atoms with van der Waals surface area (Å²) in [4.78, 5) is 8.25. The summed E-state index contributed by atoms with van der Waals surface area (Å²) in [5.41, 5.74) is 11.9. The maximum absolute atomic E-state index is 5.92. The van der Waals surface area contributed by atoms with Gasteiger partial charge in [0.15, 0.2) is 0 Å². The summed E-state index contributed by atoms with van der Waals surface area (Å²) < 4.78 is 1.84. The van der Waals surface area contributed by atoms with Crippen LogP contribution in [0.5, 0.6) is 0 Å². The van der Waals surface area contributed by atoms with Crippen molar-refractivity contribution in [1.82, 2.24) is 9.55 Å². The number of aliphatic imine (C=N–C) groups is 1. The van der Waals surface area contributed by atoms with Crippen LogP contribution in [0.2, 0.25) is 0 Å². The molecule has 1 aromatic heterocycles. The van der Waals surface area contributed by atoms with Crippen LogP contribution < -0.4 is 11.5 Å². The van der Waals surface area contributed by atoms with E-state index in [1.54, 1.807) is 6.33 Å². The van der Waals surface area contributed by atoms with Crippen molar-refractivity contribution in [2.45, 2.75) is 38.7 Å². The number of hydrogen-bond acceptors (Lipinski definition) is 3. The second-order valence-electron chi connectivity index (χ2n) is 3.84. The third-order valence-electron chi connectivity index (χ3n) is 2.25. The first-order valence-corrected chi connectivity index (χ1v) is 5.71. The van der Waals surface area contributed by atoms with Gasteiger partial charge in [-0.3, -0.25) is 0 Å². The highest BCUT2D eigenvalue weighted by molar-refractivity contribution is 6.21. The molecular formula is C10H18ClN5. The van der Waals surface area contributed by atoms with E-state index in [0.717, 1.165) is 0 Å². The first kappa shape index (κ1) is 12.8. The largest absolute Gasteiger partial charge is 0.383 e. The molecular weight excluding hydrogens is 226 g/mol. The Labute approximate surface area is 101 Å². The molecule has 90 valence electrons. The lowest BCUT2D eigenvalue weighted by Gasteiger charge is -2.09. The summed E-state index contributed by atoms with van der Waals surface area (Å²) in [5.74, 6) is 0.815. The Kier molecular flexibility index (Phi) is 4.18. The van der Waals surface area contributed by atoms with Crippen molar-refractivity contribution < 1.29 is 0 Å². The van der Waals surface area contributed by atoms with Gasteiger partial charge >= 0.3 is 0 Å². The van der Waals surface area contributed by atoms with E-state index in [1.165, 1.54) is 0 Å². The normalized spacial score (nSPS) is 14.4. The Morgan fingerprint density at radius 2 is 2.25 bits per heavy atom. The van der Waals surface area contributed by atoms with Crippen molar-refractivity contribution in [3.8, 4) is 0 Å². The van der Waals surface area contributed by atoms with E-state index in [4.69, 9.17) is 23.1 Å². The highest BCUT2D eigenvalue weighted by Gasteiger charge is 2.13. The van der Waals surface area contributed by atoms with Gasteiger partial charge in [0.2, 0.25) is 0 Å². The zero-order valence-corrected chi connectivity index (χ0v) is 10.6. The molecule has 1 unspecified atom stereocenters. The van der Waals surface area contributed by atoms with Gasteiger partial charge in [-0.1, -0.05) is 18.5 Å². The summed E-state index contributed by atoms with van der Waals surface area (Å²) in [6.45, 7) is 5.97. The first-order chi connectivity index (χ1) is 7.47. The van der Waals surface area contributed by atoms with Gasteiger partial charge in [0, 0.05) is 6.04 Å². The number of imidazole rings is 1. The number of nitrogen functional groups attached to an aromatic ring is 1. The zero-order valence-electron chi connectivity index (χ0n) is 9.81. The fraction of sp³-hybridized carbons (Fsp3) is 0.600. The van der Waals surface area contributed by atoms with E-state index in [0.29, 0.717) is 23.8 Å². The third kappa shape index (κ3) is 2.66. The van der Waals surface area contributed by atoms with Gasteiger partial charge in [0.05, 0.1) is 6.33 Å². The highest BCUT2D eigenvalue weighted by Crippen LogP contribution is 2.16. The molecule has 0 radical (unpaired) electrons. The number of rotatable bonds is 4. The molecule has 0 amide bonds. The average molecular weight is 244 g/mol. The minimum absolute atomic E-state index is 0.243. The predicted octanol–water partition coefficient (Wildman–Crippen LogP) is 1.73. The minimum atomic E-state index is -0.330. The Balaban J connectivity index is 3.01. The summed E-state index contributed by atoms with van der Waals surface area (Å²) in [6.07, 6.45) is 2.37. The lowest BCUT2D eigenvalue weighted by Crippen LogP contribution is -2.18. The van der Waals surface area contributed by atoms with Crippen LogP contribution in [0.4, 0.5) is 5.82 Å². The zero-order chi connectivity index (χ0) is 12.3. The highest BCUT2D eigenvalue weighted by atomic mass is 35.5.